The number of carboxylic acids is 1. The molecule has 3 nitrogen and oxygen atoms in total. The summed E-state index contributed by atoms with van der Waals surface area (Å²) in [6.45, 7) is 8.76. The molecule has 0 aliphatic rings. The van der Waals surface area contributed by atoms with Gasteiger partial charge in [-0.25, -0.2) is 0 Å². The molecular formula is C12H25NO2. The molecule has 0 amide bonds. The Hall–Kier alpha value is -0.570. The SMILES string of the molecule is CCCC(C)(CN(C)C(C)CC)C(=O)O. The average Bonchev–Trinajstić information content (AvgIpc) is 2.16. The first kappa shape index (κ1) is 14.4. The second kappa shape index (κ2) is 6.11. The molecular weight excluding hydrogens is 190 g/mol. The topological polar surface area (TPSA) is 40.5 Å². The van der Waals surface area contributed by atoms with Crippen LogP contribution in [0.3, 0.4) is 0 Å². The first-order valence-corrected chi connectivity index (χ1v) is 5.81. The smallest absolute Gasteiger partial charge is 0.310 e. The number of carboxylic acid groups (broad SMARTS) is 1. The fourth-order valence-corrected chi connectivity index (χ4v) is 1.82. The molecule has 0 aromatic heterocycles. The minimum Gasteiger partial charge on any atom is -0.481 e. The largest absolute Gasteiger partial charge is 0.481 e. The number of hydrogen-bond donors (Lipinski definition) is 1. The van der Waals surface area contributed by atoms with Gasteiger partial charge in [0.1, 0.15) is 0 Å². The monoisotopic (exact) mass is 215 g/mol. The molecule has 0 radical (unpaired) electrons. The quantitative estimate of drug-likeness (QED) is 0.709. The van der Waals surface area contributed by atoms with E-state index in [1.165, 1.54) is 0 Å². The van der Waals surface area contributed by atoms with Crippen LogP contribution in [0.4, 0.5) is 0 Å². The summed E-state index contributed by atoms with van der Waals surface area (Å²) in [6.07, 6.45) is 2.71. The van der Waals surface area contributed by atoms with Gasteiger partial charge < -0.3 is 10.0 Å². The zero-order valence-corrected chi connectivity index (χ0v) is 10.7. The van der Waals surface area contributed by atoms with Gasteiger partial charge in [0, 0.05) is 12.6 Å². The van der Waals surface area contributed by atoms with Crippen molar-refractivity contribution in [3.63, 3.8) is 0 Å². The second-order valence-electron chi connectivity index (χ2n) is 4.79. The molecule has 0 spiro atoms. The number of rotatable bonds is 7. The highest BCUT2D eigenvalue weighted by Crippen LogP contribution is 2.25. The van der Waals surface area contributed by atoms with E-state index in [9.17, 15) is 9.90 Å². The zero-order valence-electron chi connectivity index (χ0n) is 10.7. The van der Waals surface area contributed by atoms with E-state index in [0.29, 0.717) is 12.6 Å². The normalized spacial score (nSPS) is 17.5. The number of hydrogen-bond acceptors (Lipinski definition) is 2. The molecule has 0 aliphatic carbocycles. The van der Waals surface area contributed by atoms with E-state index in [0.717, 1.165) is 19.3 Å². The van der Waals surface area contributed by atoms with E-state index in [2.05, 4.69) is 18.7 Å². The number of carbonyl (C=O) groups is 1. The molecule has 90 valence electrons. The molecule has 0 fully saturated rings. The summed E-state index contributed by atoms with van der Waals surface area (Å²) in [4.78, 5) is 13.4. The van der Waals surface area contributed by atoms with Crippen LogP contribution in [0.2, 0.25) is 0 Å². The Labute approximate surface area is 93.5 Å². The van der Waals surface area contributed by atoms with Crippen molar-refractivity contribution in [3.8, 4) is 0 Å². The van der Waals surface area contributed by atoms with Gasteiger partial charge in [0.05, 0.1) is 5.41 Å². The lowest BCUT2D eigenvalue weighted by Gasteiger charge is -2.33. The summed E-state index contributed by atoms with van der Waals surface area (Å²) in [6, 6.07) is 0.445. The van der Waals surface area contributed by atoms with E-state index in [1.807, 2.05) is 20.9 Å². The van der Waals surface area contributed by atoms with Gasteiger partial charge in [-0.3, -0.25) is 4.79 Å². The van der Waals surface area contributed by atoms with Crippen molar-refractivity contribution in [2.24, 2.45) is 5.41 Å². The predicted molar refractivity (Wildman–Crippen MR) is 63.0 cm³/mol. The van der Waals surface area contributed by atoms with Crippen LogP contribution in [0.25, 0.3) is 0 Å². The molecule has 0 aliphatic heterocycles. The molecule has 0 rings (SSSR count). The van der Waals surface area contributed by atoms with Gasteiger partial charge in [-0.2, -0.15) is 0 Å². The van der Waals surface area contributed by atoms with E-state index in [4.69, 9.17) is 0 Å². The molecule has 0 aromatic rings. The van der Waals surface area contributed by atoms with E-state index in [-0.39, 0.29) is 0 Å². The molecule has 15 heavy (non-hydrogen) atoms. The van der Waals surface area contributed by atoms with E-state index in [1.54, 1.807) is 0 Å². The van der Waals surface area contributed by atoms with E-state index >= 15 is 0 Å². The Morgan fingerprint density at radius 2 is 2.00 bits per heavy atom. The first-order valence-electron chi connectivity index (χ1n) is 5.81. The van der Waals surface area contributed by atoms with Crippen molar-refractivity contribution >= 4 is 5.97 Å². The van der Waals surface area contributed by atoms with Crippen molar-refractivity contribution in [1.82, 2.24) is 4.90 Å². The maximum Gasteiger partial charge on any atom is 0.310 e. The van der Waals surface area contributed by atoms with Crippen LogP contribution in [-0.4, -0.2) is 35.6 Å². The highest BCUT2D eigenvalue weighted by atomic mass is 16.4. The third kappa shape index (κ3) is 4.20. The summed E-state index contributed by atoms with van der Waals surface area (Å²) in [5, 5.41) is 9.24. The second-order valence-corrected chi connectivity index (χ2v) is 4.79. The first-order chi connectivity index (χ1) is 6.87. The van der Waals surface area contributed by atoms with Crippen molar-refractivity contribution in [2.45, 2.75) is 53.0 Å². The molecule has 0 aromatic carbocycles. The average molecular weight is 215 g/mol. The predicted octanol–water partition coefficient (Wildman–Crippen LogP) is 2.61. The van der Waals surface area contributed by atoms with Gasteiger partial charge in [-0.05, 0) is 33.7 Å². The molecule has 0 saturated carbocycles. The fraction of sp³-hybridized carbons (Fsp3) is 0.917. The maximum absolute atomic E-state index is 11.2. The lowest BCUT2D eigenvalue weighted by molar-refractivity contribution is -0.149. The van der Waals surface area contributed by atoms with Gasteiger partial charge in [-0.1, -0.05) is 20.3 Å². The van der Waals surface area contributed by atoms with Gasteiger partial charge in [0.2, 0.25) is 0 Å². The summed E-state index contributed by atoms with van der Waals surface area (Å²) >= 11 is 0. The summed E-state index contributed by atoms with van der Waals surface area (Å²) in [5.41, 5.74) is -0.604. The van der Waals surface area contributed by atoms with Crippen LogP contribution in [0.5, 0.6) is 0 Å². The molecule has 3 heteroatoms. The van der Waals surface area contributed by atoms with Gasteiger partial charge in [0.25, 0.3) is 0 Å². The molecule has 2 unspecified atom stereocenters. The molecule has 2 atom stereocenters. The van der Waals surface area contributed by atoms with Crippen LogP contribution >= 0.6 is 0 Å². The molecule has 1 N–H and O–H groups in total. The van der Waals surface area contributed by atoms with Gasteiger partial charge in [-0.15, -0.1) is 0 Å². The van der Waals surface area contributed by atoms with Crippen molar-refractivity contribution < 1.29 is 9.90 Å². The minimum atomic E-state index is -0.681. The van der Waals surface area contributed by atoms with Crippen molar-refractivity contribution in [2.75, 3.05) is 13.6 Å². The van der Waals surface area contributed by atoms with Crippen LogP contribution in [0, 0.1) is 5.41 Å². The van der Waals surface area contributed by atoms with Crippen LogP contribution in [0.1, 0.15) is 47.0 Å². The van der Waals surface area contributed by atoms with Crippen molar-refractivity contribution in [3.05, 3.63) is 0 Å². The third-order valence-electron chi connectivity index (χ3n) is 3.26. The fourth-order valence-electron chi connectivity index (χ4n) is 1.82. The molecule has 0 bridgehead atoms. The highest BCUT2D eigenvalue weighted by Gasteiger charge is 2.33. The van der Waals surface area contributed by atoms with Crippen LogP contribution in [0.15, 0.2) is 0 Å². The Morgan fingerprint density at radius 1 is 1.47 bits per heavy atom. The summed E-state index contributed by atoms with van der Waals surface area (Å²) in [7, 11) is 2.00. The van der Waals surface area contributed by atoms with Gasteiger partial charge >= 0.3 is 5.97 Å². The lowest BCUT2D eigenvalue weighted by atomic mass is 9.85. The lowest BCUT2D eigenvalue weighted by Crippen LogP contribution is -2.42. The molecule has 0 saturated heterocycles. The zero-order chi connectivity index (χ0) is 12.1. The Bertz CT molecular complexity index is 206. The summed E-state index contributed by atoms with van der Waals surface area (Å²) < 4.78 is 0. The summed E-state index contributed by atoms with van der Waals surface area (Å²) in [5.74, 6) is -0.681. The maximum atomic E-state index is 11.2. The van der Waals surface area contributed by atoms with Gasteiger partial charge in [0.15, 0.2) is 0 Å². The Morgan fingerprint density at radius 3 is 2.33 bits per heavy atom. The highest BCUT2D eigenvalue weighted by molar-refractivity contribution is 5.74. The minimum absolute atomic E-state index is 0.445. The number of nitrogens with zero attached hydrogens (tertiary/aromatic N) is 1. The number of aliphatic carboxylic acids is 1. The van der Waals surface area contributed by atoms with Crippen LogP contribution in [-0.2, 0) is 4.79 Å². The standard InChI is InChI=1S/C12H25NO2/c1-6-8-12(4,11(14)15)9-13(5)10(3)7-2/h10H,6-9H2,1-5H3,(H,14,15). The van der Waals surface area contributed by atoms with E-state index < -0.39 is 11.4 Å². The van der Waals surface area contributed by atoms with Crippen LogP contribution < -0.4 is 0 Å². The molecule has 0 heterocycles. The Balaban J connectivity index is 4.47. The third-order valence-corrected chi connectivity index (χ3v) is 3.26. The van der Waals surface area contributed by atoms with Crippen molar-refractivity contribution in [1.29, 1.82) is 0 Å². The Kier molecular flexibility index (Phi) is 5.88.